The highest BCUT2D eigenvalue weighted by atomic mass is 19.4. The Morgan fingerprint density at radius 2 is 1.91 bits per heavy atom. The highest BCUT2D eigenvalue weighted by molar-refractivity contribution is 5.97. The number of likely N-dealkylation sites (tertiary alicyclic amines) is 1. The molecule has 2 rings (SSSR count). The van der Waals surface area contributed by atoms with Crippen LogP contribution in [0.15, 0.2) is 24.3 Å². The van der Waals surface area contributed by atoms with Crippen molar-refractivity contribution in [1.82, 2.24) is 4.90 Å². The lowest BCUT2D eigenvalue weighted by molar-refractivity contribution is -0.271. The fourth-order valence-electron chi connectivity index (χ4n) is 2.46. The molecule has 0 bridgehead atoms. The van der Waals surface area contributed by atoms with Crippen molar-refractivity contribution in [2.45, 2.75) is 31.5 Å². The summed E-state index contributed by atoms with van der Waals surface area (Å²) < 4.78 is 43.7. The quantitative estimate of drug-likeness (QED) is 0.932. The van der Waals surface area contributed by atoms with Gasteiger partial charge in [-0.1, -0.05) is 12.1 Å². The summed E-state index contributed by atoms with van der Waals surface area (Å²) >= 11 is 0. The number of nitrogens with zero attached hydrogens (tertiary/aromatic N) is 1. The van der Waals surface area contributed by atoms with Gasteiger partial charge in [0.2, 0.25) is 0 Å². The van der Waals surface area contributed by atoms with E-state index >= 15 is 0 Å². The molecule has 1 N–H and O–H groups in total. The van der Waals surface area contributed by atoms with Crippen LogP contribution in [-0.2, 0) is 0 Å². The van der Waals surface area contributed by atoms with Gasteiger partial charge in [-0.3, -0.25) is 4.79 Å². The van der Waals surface area contributed by atoms with E-state index < -0.39 is 24.6 Å². The van der Waals surface area contributed by atoms with Crippen LogP contribution in [0.25, 0.3) is 0 Å². The Bertz CT molecular complexity index is 537. The molecule has 1 fully saturated rings. The molecule has 0 radical (unpaired) electrons. The van der Waals surface area contributed by atoms with E-state index in [1.54, 1.807) is 31.2 Å². The summed E-state index contributed by atoms with van der Waals surface area (Å²) in [7, 11) is 0. The maximum Gasteiger partial charge on any atom is 0.417 e. The third-order valence-corrected chi connectivity index (χ3v) is 3.82. The first-order valence-corrected chi connectivity index (χ1v) is 7.09. The molecule has 0 unspecified atom stereocenters. The number of piperidine rings is 1. The molecule has 1 amide bonds. The summed E-state index contributed by atoms with van der Waals surface area (Å²) in [4.78, 5) is 13.8. The lowest BCUT2D eigenvalue weighted by Gasteiger charge is -2.39. The minimum absolute atomic E-state index is 0.144. The number of amides is 1. The molecule has 0 aliphatic carbocycles. The number of hydrogen-bond donors (Lipinski definition) is 1. The molecule has 122 valence electrons. The van der Waals surface area contributed by atoms with E-state index in [2.05, 4.69) is 0 Å². The van der Waals surface area contributed by atoms with E-state index in [0.29, 0.717) is 17.9 Å². The predicted octanol–water partition coefficient (Wildman–Crippen LogP) is 2.61. The normalized spacial score (nSPS) is 18.1. The number of hydrogen-bond acceptors (Lipinski definition) is 3. The fraction of sp³-hybridized carbons (Fsp3) is 0.533. The average Bonchev–Trinajstić information content (AvgIpc) is 2.47. The number of rotatable bonds is 3. The molecular formula is C15H18F3NO3. The van der Waals surface area contributed by atoms with Crippen LogP contribution in [0, 0.1) is 0 Å². The van der Waals surface area contributed by atoms with E-state index in [1.165, 1.54) is 4.90 Å². The number of halogens is 3. The zero-order valence-corrected chi connectivity index (χ0v) is 12.2. The van der Waals surface area contributed by atoms with E-state index in [1.807, 2.05) is 0 Å². The van der Waals surface area contributed by atoms with Gasteiger partial charge in [-0.25, -0.2) is 0 Å². The summed E-state index contributed by atoms with van der Waals surface area (Å²) in [5, 5.41) is 9.63. The van der Waals surface area contributed by atoms with E-state index in [4.69, 9.17) is 4.74 Å². The number of aliphatic hydroxyl groups is 1. The van der Waals surface area contributed by atoms with Crippen LogP contribution in [0.5, 0.6) is 5.75 Å². The topological polar surface area (TPSA) is 49.8 Å². The SMILES string of the molecule is CCOc1ccccc1C(=O)N1CCC(O)(C(F)(F)F)CC1. The van der Waals surface area contributed by atoms with Gasteiger partial charge in [0, 0.05) is 25.9 Å². The lowest BCUT2D eigenvalue weighted by Crippen LogP contribution is -2.54. The van der Waals surface area contributed by atoms with Gasteiger partial charge in [0.05, 0.1) is 12.2 Å². The monoisotopic (exact) mass is 317 g/mol. The van der Waals surface area contributed by atoms with Crippen molar-refractivity contribution in [3.05, 3.63) is 29.8 Å². The summed E-state index contributed by atoms with van der Waals surface area (Å²) in [6, 6.07) is 6.62. The molecular weight excluding hydrogens is 299 g/mol. The molecule has 1 aliphatic heterocycles. The fourth-order valence-corrected chi connectivity index (χ4v) is 2.46. The minimum Gasteiger partial charge on any atom is -0.493 e. The molecule has 0 aromatic heterocycles. The third-order valence-electron chi connectivity index (χ3n) is 3.82. The van der Waals surface area contributed by atoms with Crippen LogP contribution < -0.4 is 4.74 Å². The van der Waals surface area contributed by atoms with Crippen molar-refractivity contribution in [3.8, 4) is 5.75 Å². The summed E-state index contributed by atoms with van der Waals surface area (Å²) in [6.07, 6.45) is -5.70. The zero-order valence-electron chi connectivity index (χ0n) is 12.2. The second kappa shape index (κ2) is 6.16. The summed E-state index contributed by atoms with van der Waals surface area (Å²) in [5.41, 5.74) is -2.38. The Balaban J connectivity index is 2.11. The summed E-state index contributed by atoms with van der Waals surface area (Å²) in [6.45, 7) is 1.88. The van der Waals surface area contributed by atoms with Crippen molar-refractivity contribution >= 4 is 5.91 Å². The minimum atomic E-state index is -4.68. The molecule has 1 saturated heterocycles. The second-order valence-corrected chi connectivity index (χ2v) is 5.25. The first-order valence-electron chi connectivity index (χ1n) is 7.09. The molecule has 1 aromatic carbocycles. The molecule has 1 aromatic rings. The van der Waals surface area contributed by atoms with Crippen LogP contribution in [0.4, 0.5) is 13.2 Å². The first kappa shape index (κ1) is 16.6. The van der Waals surface area contributed by atoms with Crippen molar-refractivity contribution in [1.29, 1.82) is 0 Å². The van der Waals surface area contributed by atoms with Gasteiger partial charge in [-0.15, -0.1) is 0 Å². The Morgan fingerprint density at radius 1 is 1.32 bits per heavy atom. The lowest BCUT2D eigenvalue weighted by atomic mass is 9.90. The first-order chi connectivity index (χ1) is 10.3. The standard InChI is InChI=1S/C15H18F3NO3/c1-2-22-12-6-4-3-5-11(12)13(20)19-9-7-14(21,8-10-19)15(16,17)18/h3-6,21H,2,7-10H2,1H3. The largest absolute Gasteiger partial charge is 0.493 e. The number of carbonyl (C=O) groups is 1. The van der Waals surface area contributed by atoms with Gasteiger partial charge in [0.1, 0.15) is 5.75 Å². The number of ether oxygens (including phenoxy) is 1. The number of para-hydroxylation sites is 1. The molecule has 0 saturated carbocycles. The van der Waals surface area contributed by atoms with Gasteiger partial charge >= 0.3 is 6.18 Å². The number of carbonyl (C=O) groups excluding carboxylic acids is 1. The Labute approximate surface area is 126 Å². The Hall–Kier alpha value is -1.76. The highest BCUT2D eigenvalue weighted by Gasteiger charge is 2.54. The number of alkyl halides is 3. The average molecular weight is 317 g/mol. The van der Waals surface area contributed by atoms with Crippen molar-refractivity contribution < 1.29 is 27.8 Å². The third kappa shape index (κ3) is 3.19. The van der Waals surface area contributed by atoms with Gasteiger partial charge in [-0.2, -0.15) is 13.2 Å². The molecule has 22 heavy (non-hydrogen) atoms. The molecule has 0 atom stereocenters. The maximum absolute atomic E-state index is 12.8. The van der Waals surface area contributed by atoms with Crippen molar-refractivity contribution in [3.63, 3.8) is 0 Å². The Morgan fingerprint density at radius 3 is 2.45 bits per heavy atom. The summed E-state index contributed by atoms with van der Waals surface area (Å²) in [5.74, 6) is 0.0277. The van der Waals surface area contributed by atoms with Gasteiger partial charge < -0.3 is 14.7 Å². The number of benzene rings is 1. The predicted molar refractivity (Wildman–Crippen MR) is 73.8 cm³/mol. The van der Waals surface area contributed by atoms with E-state index in [9.17, 15) is 23.1 Å². The van der Waals surface area contributed by atoms with E-state index in [-0.39, 0.29) is 19.0 Å². The highest BCUT2D eigenvalue weighted by Crippen LogP contribution is 2.38. The smallest absolute Gasteiger partial charge is 0.417 e. The van der Waals surface area contributed by atoms with Crippen LogP contribution in [0.2, 0.25) is 0 Å². The maximum atomic E-state index is 12.8. The molecule has 4 nitrogen and oxygen atoms in total. The van der Waals surface area contributed by atoms with Gasteiger partial charge in [0.25, 0.3) is 5.91 Å². The van der Waals surface area contributed by atoms with Crippen molar-refractivity contribution in [2.24, 2.45) is 0 Å². The van der Waals surface area contributed by atoms with Crippen LogP contribution in [-0.4, -0.2) is 47.4 Å². The van der Waals surface area contributed by atoms with Crippen LogP contribution in [0.3, 0.4) is 0 Å². The molecule has 1 heterocycles. The van der Waals surface area contributed by atoms with Gasteiger partial charge in [-0.05, 0) is 19.1 Å². The second-order valence-electron chi connectivity index (χ2n) is 5.25. The van der Waals surface area contributed by atoms with Crippen LogP contribution >= 0.6 is 0 Å². The van der Waals surface area contributed by atoms with Crippen LogP contribution in [0.1, 0.15) is 30.1 Å². The Kier molecular flexibility index (Phi) is 4.65. The molecule has 0 spiro atoms. The zero-order chi connectivity index (χ0) is 16.4. The molecule has 1 aliphatic rings. The van der Waals surface area contributed by atoms with Crippen molar-refractivity contribution in [2.75, 3.05) is 19.7 Å². The van der Waals surface area contributed by atoms with Gasteiger partial charge in [0.15, 0.2) is 5.60 Å². The molecule has 7 heteroatoms. The van der Waals surface area contributed by atoms with E-state index in [0.717, 1.165) is 0 Å².